The van der Waals surface area contributed by atoms with E-state index in [1.807, 2.05) is 6.92 Å². The third kappa shape index (κ3) is 8.45. The molecule has 4 N–H and O–H groups in total. The van der Waals surface area contributed by atoms with Crippen LogP contribution >= 0.6 is 7.44 Å². The highest BCUT2D eigenvalue weighted by Crippen LogP contribution is 2.38. The van der Waals surface area contributed by atoms with Gasteiger partial charge >= 0.3 is 11.9 Å². The molecule has 2 aromatic heterocycles. The third-order valence-corrected chi connectivity index (χ3v) is 8.18. The van der Waals surface area contributed by atoms with Crippen LogP contribution in [0.4, 0.5) is 5.82 Å². The van der Waals surface area contributed by atoms with Gasteiger partial charge in [-0.2, -0.15) is 0 Å². The van der Waals surface area contributed by atoms with Gasteiger partial charge in [0.15, 0.2) is 11.5 Å². The second-order valence-electron chi connectivity index (χ2n) is 10.1. The Labute approximate surface area is 223 Å². The summed E-state index contributed by atoms with van der Waals surface area (Å²) in [6, 6.07) is -0.844. The lowest BCUT2D eigenvalue weighted by Gasteiger charge is -2.27. The number of ether oxygens (including phenoxy) is 3. The lowest BCUT2D eigenvalue weighted by Crippen LogP contribution is -2.41. The summed E-state index contributed by atoms with van der Waals surface area (Å²) in [5.74, 6) is -1.16. The monoisotopic (exact) mass is 553 g/mol. The Morgan fingerprint density at radius 2 is 1.84 bits per heavy atom. The van der Waals surface area contributed by atoms with Crippen LogP contribution in [-0.2, 0) is 34.9 Å². The van der Waals surface area contributed by atoms with Crippen LogP contribution in [0.1, 0.15) is 60.3 Å². The number of nitrogens with zero attached hydrogens (tertiary/aromatic N) is 4. The molecule has 3 rings (SSSR count). The standard InChI is InChI=1S/C24H40N7O6P/c1-15(2)36-23(32)16(3)10-29-38(34,30-18(5)24(33)37-19-8-6-7-9-19)14-35-17(4)11-31-13-28-20-21(25)26-12-27-22(20)31/h12-13,15-19H,6-11,14H2,1-5H3,(H2,25,26,27)(H2,29,30,34)/t16-,17+,18+,38-/m0/s1. The highest BCUT2D eigenvalue weighted by molar-refractivity contribution is 7.59. The lowest BCUT2D eigenvalue weighted by atomic mass is 10.2. The van der Waals surface area contributed by atoms with E-state index in [4.69, 9.17) is 19.9 Å². The molecular weight excluding hydrogens is 513 g/mol. The average molecular weight is 554 g/mol. The van der Waals surface area contributed by atoms with Gasteiger partial charge in [-0.3, -0.25) is 19.2 Å². The summed E-state index contributed by atoms with van der Waals surface area (Å²) >= 11 is 0. The number of hydrogen-bond donors (Lipinski definition) is 3. The van der Waals surface area contributed by atoms with Crippen molar-refractivity contribution in [3.05, 3.63) is 12.7 Å². The molecule has 1 aliphatic carbocycles. The van der Waals surface area contributed by atoms with Gasteiger partial charge in [-0.15, -0.1) is 0 Å². The predicted octanol–water partition coefficient (Wildman–Crippen LogP) is 2.61. The Hall–Kier alpha value is -2.60. The SMILES string of the molecule is CC(C)OC(=O)[C@@H](C)CN[P@@](=O)(CO[C@H](C)Cn1cnc2c(N)ncnc21)N[C@H](C)C(=O)OC1CCCC1. The van der Waals surface area contributed by atoms with Crippen molar-refractivity contribution in [2.75, 3.05) is 18.6 Å². The molecule has 14 heteroatoms. The Bertz CT molecular complexity index is 1140. The van der Waals surface area contributed by atoms with Crippen molar-refractivity contribution < 1.29 is 28.4 Å². The summed E-state index contributed by atoms with van der Waals surface area (Å²) in [6.07, 6.45) is 5.69. The van der Waals surface area contributed by atoms with Gasteiger partial charge in [0.25, 0.3) is 0 Å². The predicted molar refractivity (Wildman–Crippen MR) is 142 cm³/mol. The zero-order valence-electron chi connectivity index (χ0n) is 22.8. The quantitative estimate of drug-likeness (QED) is 0.231. The van der Waals surface area contributed by atoms with Crippen molar-refractivity contribution in [1.82, 2.24) is 29.7 Å². The normalized spacial score (nSPS) is 18.3. The summed E-state index contributed by atoms with van der Waals surface area (Å²) in [5, 5.41) is 5.83. The van der Waals surface area contributed by atoms with Crippen LogP contribution in [0.25, 0.3) is 11.2 Å². The van der Waals surface area contributed by atoms with E-state index in [2.05, 4.69) is 25.1 Å². The number of fused-ring (bicyclic) bond motifs is 1. The number of nitrogens with one attached hydrogen (secondary N) is 2. The Morgan fingerprint density at radius 3 is 2.53 bits per heavy atom. The van der Waals surface area contributed by atoms with Gasteiger partial charge < -0.3 is 24.5 Å². The highest BCUT2D eigenvalue weighted by Gasteiger charge is 2.32. The largest absolute Gasteiger partial charge is 0.463 e. The van der Waals surface area contributed by atoms with Crippen molar-refractivity contribution in [1.29, 1.82) is 0 Å². The molecule has 1 saturated carbocycles. The topological polar surface area (TPSA) is 173 Å². The average Bonchev–Trinajstić information content (AvgIpc) is 3.52. The van der Waals surface area contributed by atoms with Gasteiger partial charge in [0.05, 0.1) is 31.0 Å². The summed E-state index contributed by atoms with van der Waals surface area (Å²) < 4.78 is 32.5. The van der Waals surface area contributed by atoms with Gasteiger partial charge in [0.1, 0.15) is 30.3 Å². The first-order valence-corrected chi connectivity index (χ1v) is 14.9. The van der Waals surface area contributed by atoms with Crippen molar-refractivity contribution in [2.45, 2.75) is 91.2 Å². The fraction of sp³-hybridized carbons (Fsp3) is 0.708. The van der Waals surface area contributed by atoms with E-state index in [0.717, 1.165) is 25.7 Å². The smallest absolute Gasteiger partial charge is 0.323 e. The zero-order chi connectivity index (χ0) is 27.9. The number of nitrogens with two attached hydrogens (primary N) is 1. The third-order valence-electron chi connectivity index (χ3n) is 6.17. The van der Waals surface area contributed by atoms with Gasteiger partial charge in [0, 0.05) is 6.54 Å². The van der Waals surface area contributed by atoms with E-state index in [0.29, 0.717) is 17.7 Å². The minimum Gasteiger partial charge on any atom is -0.463 e. The number of esters is 2. The Balaban J connectivity index is 1.64. The first kappa shape index (κ1) is 29.9. The molecule has 0 unspecified atom stereocenters. The number of carbonyl (C=O) groups excluding carboxylic acids is 2. The number of anilines is 1. The fourth-order valence-electron chi connectivity index (χ4n) is 4.08. The number of aromatic nitrogens is 4. The minimum absolute atomic E-state index is 0.0698. The molecule has 0 amide bonds. The van der Waals surface area contributed by atoms with Crippen molar-refractivity contribution in [3.63, 3.8) is 0 Å². The van der Waals surface area contributed by atoms with Crippen LogP contribution in [-0.4, -0.2) is 68.7 Å². The molecule has 0 spiro atoms. The van der Waals surface area contributed by atoms with E-state index < -0.39 is 37.4 Å². The van der Waals surface area contributed by atoms with Crippen LogP contribution in [0.2, 0.25) is 0 Å². The van der Waals surface area contributed by atoms with Crippen molar-refractivity contribution in [3.8, 4) is 0 Å². The molecule has 2 heterocycles. The van der Waals surface area contributed by atoms with Gasteiger partial charge in [-0.05, 0) is 53.4 Å². The molecule has 4 atom stereocenters. The second-order valence-corrected chi connectivity index (χ2v) is 12.4. The molecule has 1 fully saturated rings. The molecule has 38 heavy (non-hydrogen) atoms. The lowest BCUT2D eigenvalue weighted by molar-refractivity contribution is -0.152. The van der Waals surface area contributed by atoms with Gasteiger partial charge in [0.2, 0.25) is 7.44 Å². The van der Waals surface area contributed by atoms with E-state index in [1.54, 1.807) is 38.6 Å². The van der Waals surface area contributed by atoms with Crippen LogP contribution < -0.4 is 15.9 Å². The van der Waals surface area contributed by atoms with Crippen molar-refractivity contribution >= 4 is 36.4 Å². The number of rotatable bonds is 14. The summed E-state index contributed by atoms with van der Waals surface area (Å²) in [4.78, 5) is 37.3. The highest BCUT2D eigenvalue weighted by atomic mass is 31.2. The zero-order valence-corrected chi connectivity index (χ0v) is 23.6. The number of hydrogen-bond acceptors (Lipinski definition) is 10. The maximum atomic E-state index is 13.9. The first-order chi connectivity index (χ1) is 18.0. The minimum atomic E-state index is -3.50. The maximum Gasteiger partial charge on any atom is 0.323 e. The molecule has 0 saturated heterocycles. The molecule has 0 radical (unpaired) electrons. The van der Waals surface area contributed by atoms with E-state index in [-0.39, 0.29) is 30.9 Å². The molecule has 212 valence electrons. The molecule has 0 bridgehead atoms. The van der Waals surface area contributed by atoms with Crippen LogP contribution in [0.5, 0.6) is 0 Å². The van der Waals surface area contributed by atoms with Gasteiger partial charge in [-0.25, -0.2) is 20.0 Å². The first-order valence-electron chi connectivity index (χ1n) is 13.0. The van der Waals surface area contributed by atoms with E-state index in [9.17, 15) is 14.2 Å². The van der Waals surface area contributed by atoms with Crippen LogP contribution in [0.3, 0.4) is 0 Å². The van der Waals surface area contributed by atoms with E-state index >= 15 is 0 Å². The number of imidazole rings is 1. The fourth-order valence-corrected chi connectivity index (χ4v) is 6.10. The van der Waals surface area contributed by atoms with E-state index in [1.165, 1.54) is 6.33 Å². The molecule has 2 aromatic rings. The molecular formula is C24H40N7O6P. The molecule has 1 aliphatic rings. The summed E-state index contributed by atoms with van der Waals surface area (Å²) in [7, 11) is -3.50. The summed E-state index contributed by atoms with van der Waals surface area (Å²) in [6.45, 7) is 9.07. The van der Waals surface area contributed by atoms with Crippen LogP contribution in [0.15, 0.2) is 12.7 Å². The van der Waals surface area contributed by atoms with Gasteiger partial charge in [-0.1, -0.05) is 6.92 Å². The molecule has 0 aliphatic heterocycles. The van der Waals surface area contributed by atoms with Crippen LogP contribution in [0, 0.1) is 5.92 Å². The Kier molecular flexibility index (Phi) is 10.6. The number of carbonyl (C=O) groups is 2. The van der Waals surface area contributed by atoms with Crippen molar-refractivity contribution in [2.24, 2.45) is 5.92 Å². The molecule has 0 aromatic carbocycles. The molecule has 13 nitrogen and oxygen atoms in total. The Morgan fingerprint density at radius 1 is 1.13 bits per heavy atom. The second kappa shape index (κ2) is 13.5. The number of nitrogen functional groups attached to an aromatic ring is 1. The summed E-state index contributed by atoms with van der Waals surface area (Å²) in [5.41, 5.74) is 6.92. The maximum absolute atomic E-state index is 13.9.